The lowest BCUT2D eigenvalue weighted by Crippen LogP contribution is -1.93. The third-order valence-corrected chi connectivity index (χ3v) is 4.01. The molecule has 0 aliphatic rings. The van der Waals surface area contributed by atoms with Gasteiger partial charge in [-0.15, -0.1) is 5.26 Å². The molecule has 4 nitrogen and oxygen atoms in total. The van der Waals surface area contributed by atoms with Gasteiger partial charge >= 0.3 is 0 Å². The van der Waals surface area contributed by atoms with Crippen LogP contribution in [0.3, 0.4) is 0 Å². The van der Waals surface area contributed by atoms with Crippen LogP contribution in [0.25, 0.3) is 0 Å². The van der Waals surface area contributed by atoms with Crippen LogP contribution in [0.1, 0.15) is 22.3 Å². The molecule has 3 aromatic rings. The number of nitrogens with zero attached hydrogens (tertiary/aromatic N) is 2. The summed E-state index contributed by atoms with van der Waals surface area (Å²) in [6, 6.07) is 23.5. The van der Waals surface area contributed by atoms with E-state index in [1.807, 2.05) is 36.4 Å². The highest BCUT2D eigenvalue weighted by molar-refractivity contribution is 5.49. The molecule has 0 heterocycles. The zero-order valence-electron chi connectivity index (χ0n) is 14.1. The van der Waals surface area contributed by atoms with Crippen molar-refractivity contribution in [1.82, 2.24) is 0 Å². The number of isocyanates is 1. The quantitative estimate of drug-likeness (QED) is 0.371. The zero-order chi connectivity index (χ0) is 18.2. The van der Waals surface area contributed by atoms with Crippen molar-refractivity contribution < 1.29 is 9.53 Å². The average molecular weight is 340 g/mol. The monoisotopic (exact) mass is 340 g/mol. The first-order valence-corrected chi connectivity index (χ1v) is 8.16. The molecule has 0 saturated carbocycles. The Morgan fingerprint density at radius 2 is 1.38 bits per heavy atom. The van der Waals surface area contributed by atoms with Gasteiger partial charge in [0, 0.05) is 0 Å². The van der Waals surface area contributed by atoms with Crippen LogP contribution in [0.5, 0.6) is 5.75 Å². The SMILES string of the molecule is N#COc1ccc(Cc2cccc(Cc3ccc(N=C=O)cc3)c2)cc1. The van der Waals surface area contributed by atoms with Gasteiger partial charge in [-0.05, 0) is 59.4 Å². The minimum absolute atomic E-state index is 0.548. The number of nitriles is 1. The number of benzene rings is 3. The molecular formula is C22H16N2O2. The second-order valence-electron chi connectivity index (χ2n) is 5.88. The maximum Gasteiger partial charge on any atom is 0.292 e. The van der Waals surface area contributed by atoms with Crippen molar-refractivity contribution in [3.05, 3.63) is 95.1 Å². The second-order valence-corrected chi connectivity index (χ2v) is 5.88. The standard InChI is InChI=1S/C22H16N2O2/c23-15-26-22-10-6-18(7-11-22)13-20-3-1-2-19(14-20)12-17-4-8-21(9-5-17)24-16-25/h1-11,14H,12-13H2. The van der Waals surface area contributed by atoms with Gasteiger partial charge in [0.1, 0.15) is 5.75 Å². The molecule has 0 saturated heterocycles. The summed E-state index contributed by atoms with van der Waals surface area (Å²) in [5, 5.41) is 8.52. The van der Waals surface area contributed by atoms with Crippen LogP contribution < -0.4 is 4.74 Å². The van der Waals surface area contributed by atoms with E-state index < -0.39 is 0 Å². The van der Waals surface area contributed by atoms with Gasteiger partial charge in [0.15, 0.2) is 0 Å². The summed E-state index contributed by atoms with van der Waals surface area (Å²) in [6.07, 6.45) is 4.84. The largest absolute Gasteiger partial charge is 0.388 e. The third kappa shape index (κ3) is 4.67. The van der Waals surface area contributed by atoms with Crippen molar-refractivity contribution in [3.8, 4) is 12.0 Å². The Labute approximate surface area is 152 Å². The molecule has 0 radical (unpaired) electrons. The van der Waals surface area contributed by atoms with Crippen LogP contribution in [0.4, 0.5) is 5.69 Å². The molecule has 0 N–H and O–H groups in total. The van der Waals surface area contributed by atoms with Gasteiger partial charge in [0.05, 0.1) is 5.69 Å². The summed E-state index contributed by atoms with van der Waals surface area (Å²) < 4.78 is 4.80. The molecule has 0 atom stereocenters. The van der Waals surface area contributed by atoms with Crippen LogP contribution in [-0.4, -0.2) is 6.08 Å². The lowest BCUT2D eigenvalue weighted by Gasteiger charge is -2.07. The molecule has 0 fully saturated rings. The third-order valence-electron chi connectivity index (χ3n) is 4.01. The van der Waals surface area contributed by atoms with Crippen LogP contribution in [0.2, 0.25) is 0 Å². The van der Waals surface area contributed by atoms with Crippen molar-refractivity contribution in [1.29, 1.82) is 5.26 Å². The summed E-state index contributed by atoms with van der Waals surface area (Å²) in [4.78, 5) is 13.9. The number of rotatable bonds is 6. The highest BCUT2D eigenvalue weighted by atomic mass is 16.5. The van der Waals surface area contributed by atoms with E-state index in [2.05, 4.69) is 29.3 Å². The van der Waals surface area contributed by atoms with Gasteiger partial charge in [0.25, 0.3) is 6.26 Å². The smallest absolute Gasteiger partial charge is 0.292 e. The van der Waals surface area contributed by atoms with E-state index in [4.69, 9.17) is 10.00 Å². The number of carbonyl (C=O) groups excluding carboxylic acids is 1. The Balaban J connectivity index is 1.69. The van der Waals surface area contributed by atoms with Crippen molar-refractivity contribution in [2.45, 2.75) is 12.8 Å². The van der Waals surface area contributed by atoms with E-state index >= 15 is 0 Å². The summed E-state index contributed by atoms with van der Waals surface area (Å²) in [6.45, 7) is 0. The predicted molar refractivity (Wildman–Crippen MR) is 99.0 cm³/mol. The fourth-order valence-corrected chi connectivity index (χ4v) is 2.79. The Bertz CT molecular complexity index is 964. The summed E-state index contributed by atoms with van der Waals surface area (Å²) in [7, 11) is 0. The van der Waals surface area contributed by atoms with E-state index in [-0.39, 0.29) is 0 Å². The molecule has 3 aromatic carbocycles. The summed E-state index contributed by atoms with van der Waals surface area (Å²) in [5.41, 5.74) is 5.37. The molecule has 0 aromatic heterocycles. The Morgan fingerprint density at radius 1 is 0.808 bits per heavy atom. The molecule has 0 bridgehead atoms. The molecule has 0 amide bonds. The maximum absolute atomic E-state index is 10.3. The van der Waals surface area contributed by atoms with E-state index in [1.165, 1.54) is 11.1 Å². The second kappa shape index (κ2) is 8.43. The topological polar surface area (TPSA) is 62.4 Å². The van der Waals surface area contributed by atoms with Crippen LogP contribution in [0, 0.1) is 11.5 Å². The fraction of sp³-hybridized carbons (Fsp3) is 0.0909. The maximum atomic E-state index is 10.3. The predicted octanol–water partition coefficient (Wildman–Crippen LogP) is 4.70. The molecule has 0 unspecified atom stereocenters. The molecule has 3 rings (SSSR count). The van der Waals surface area contributed by atoms with Crippen LogP contribution in [0.15, 0.2) is 77.8 Å². The number of ether oxygens (including phenoxy) is 1. The van der Waals surface area contributed by atoms with Gasteiger partial charge < -0.3 is 4.74 Å². The minimum Gasteiger partial charge on any atom is -0.388 e. The normalized spacial score (nSPS) is 9.81. The molecule has 126 valence electrons. The van der Waals surface area contributed by atoms with Crippen molar-refractivity contribution in [2.75, 3.05) is 0 Å². The average Bonchev–Trinajstić information content (AvgIpc) is 2.66. The van der Waals surface area contributed by atoms with E-state index in [9.17, 15) is 4.79 Å². The van der Waals surface area contributed by atoms with Crippen LogP contribution in [-0.2, 0) is 17.6 Å². The lowest BCUT2D eigenvalue weighted by molar-refractivity contribution is 0.507. The number of hydrogen-bond acceptors (Lipinski definition) is 4. The van der Waals surface area contributed by atoms with Crippen molar-refractivity contribution >= 4 is 11.8 Å². The highest BCUT2D eigenvalue weighted by Gasteiger charge is 2.02. The number of aliphatic imine (C=N–C) groups is 1. The van der Waals surface area contributed by atoms with Crippen molar-refractivity contribution in [3.63, 3.8) is 0 Å². The van der Waals surface area contributed by atoms with Crippen LogP contribution >= 0.6 is 0 Å². The molecule has 4 heteroatoms. The van der Waals surface area contributed by atoms with Gasteiger partial charge in [-0.3, -0.25) is 0 Å². The highest BCUT2D eigenvalue weighted by Crippen LogP contribution is 2.19. The zero-order valence-corrected chi connectivity index (χ0v) is 14.1. The first kappa shape index (κ1) is 17.2. The minimum atomic E-state index is 0.548. The summed E-state index contributed by atoms with van der Waals surface area (Å²) >= 11 is 0. The first-order chi connectivity index (χ1) is 12.8. The summed E-state index contributed by atoms with van der Waals surface area (Å²) in [5.74, 6) is 0.548. The van der Waals surface area contributed by atoms with E-state index in [0.717, 1.165) is 24.0 Å². The van der Waals surface area contributed by atoms with Gasteiger partial charge in [-0.25, -0.2) is 4.79 Å². The van der Waals surface area contributed by atoms with Gasteiger partial charge in [0.2, 0.25) is 6.08 Å². The molecular weight excluding hydrogens is 324 g/mol. The lowest BCUT2D eigenvalue weighted by atomic mass is 9.99. The van der Waals surface area contributed by atoms with E-state index in [0.29, 0.717) is 11.4 Å². The molecule has 26 heavy (non-hydrogen) atoms. The Hall–Kier alpha value is -3.67. The van der Waals surface area contributed by atoms with Gasteiger partial charge in [-0.1, -0.05) is 48.5 Å². The molecule has 0 aliphatic carbocycles. The Morgan fingerprint density at radius 3 is 1.92 bits per heavy atom. The first-order valence-electron chi connectivity index (χ1n) is 8.16. The van der Waals surface area contributed by atoms with E-state index in [1.54, 1.807) is 24.5 Å². The van der Waals surface area contributed by atoms with Crippen molar-refractivity contribution in [2.24, 2.45) is 4.99 Å². The Kier molecular flexibility index (Phi) is 5.57. The fourth-order valence-electron chi connectivity index (χ4n) is 2.79. The van der Waals surface area contributed by atoms with Gasteiger partial charge in [-0.2, -0.15) is 4.99 Å². The number of hydrogen-bond donors (Lipinski definition) is 0. The molecule has 0 spiro atoms. The molecule has 0 aliphatic heterocycles.